The van der Waals surface area contributed by atoms with E-state index in [0.717, 1.165) is 12.8 Å². The second kappa shape index (κ2) is 8.13. The molecule has 0 N–H and O–H groups in total. The molecule has 0 saturated heterocycles. The number of ketones is 1. The molecule has 2 nitrogen and oxygen atoms in total. The van der Waals surface area contributed by atoms with Crippen LogP contribution in [0.5, 0.6) is 0 Å². The monoisotopic (exact) mass is 416 g/mol. The molecule has 0 radical (unpaired) electrons. The van der Waals surface area contributed by atoms with Crippen LogP contribution in [0.25, 0.3) is 0 Å². The van der Waals surface area contributed by atoms with Gasteiger partial charge in [-0.3, -0.25) is 4.79 Å². The van der Waals surface area contributed by atoms with E-state index in [2.05, 4.69) is 99.7 Å². The van der Waals surface area contributed by atoms with Crippen molar-refractivity contribution in [2.45, 2.75) is 45.1 Å². The van der Waals surface area contributed by atoms with Crippen LogP contribution < -0.4 is 10.4 Å². The molecule has 2 aliphatic rings. The minimum absolute atomic E-state index is 0.0242. The molecule has 0 heterocycles. The summed E-state index contributed by atoms with van der Waals surface area (Å²) in [5.74, 6) is 0.558. The third-order valence-electron chi connectivity index (χ3n) is 6.94. The molecule has 2 aromatic carbocycles. The van der Waals surface area contributed by atoms with Gasteiger partial charge >= 0.3 is 0 Å². The average molecular weight is 417 g/mol. The van der Waals surface area contributed by atoms with E-state index in [1.54, 1.807) is 6.08 Å². The van der Waals surface area contributed by atoms with Crippen molar-refractivity contribution in [1.29, 1.82) is 0 Å². The normalized spacial score (nSPS) is 24.0. The zero-order valence-corrected chi connectivity index (χ0v) is 19.3. The van der Waals surface area contributed by atoms with Crippen LogP contribution >= 0.6 is 0 Å². The van der Waals surface area contributed by atoms with E-state index in [1.807, 2.05) is 0 Å². The Balaban J connectivity index is 1.73. The summed E-state index contributed by atoms with van der Waals surface area (Å²) in [4.78, 5) is 11.8. The lowest BCUT2D eigenvalue weighted by molar-refractivity contribution is -0.115. The highest BCUT2D eigenvalue weighted by atomic mass is 28.4. The maximum atomic E-state index is 11.8. The third-order valence-corrected chi connectivity index (χ3v) is 11.9. The van der Waals surface area contributed by atoms with Crippen LogP contribution in [-0.2, 0) is 9.22 Å². The lowest BCUT2D eigenvalue weighted by atomic mass is 9.71. The molecule has 1 spiro atoms. The van der Waals surface area contributed by atoms with Gasteiger partial charge in [0.15, 0.2) is 5.78 Å². The number of hydrogen-bond donors (Lipinski definition) is 0. The Morgan fingerprint density at radius 1 is 1.00 bits per heavy atom. The predicted octanol–water partition coefficient (Wildman–Crippen LogP) is 5.04. The predicted molar refractivity (Wildman–Crippen MR) is 127 cm³/mol. The summed E-state index contributed by atoms with van der Waals surface area (Å²) in [6.07, 6.45) is 11.1. The Morgan fingerprint density at radius 3 is 2.10 bits per heavy atom. The first-order chi connectivity index (χ1) is 14.4. The smallest absolute Gasteiger partial charge is 0.261 e. The topological polar surface area (TPSA) is 26.3 Å². The van der Waals surface area contributed by atoms with E-state index in [9.17, 15) is 4.79 Å². The van der Waals surface area contributed by atoms with Crippen LogP contribution in [0.3, 0.4) is 0 Å². The molecule has 0 aromatic heterocycles. The van der Waals surface area contributed by atoms with Gasteiger partial charge < -0.3 is 4.43 Å². The Morgan fingerprint density at radius 2 is 1.60 bits per heavy atom. The molecule has 3 heteroatoms. The Kier molecular flexibility index (Phi) is 5.69. The molecule has 156 valence electrons. The van der Waals surface area contributed by atoms with Gasteiger partial charge in [0.25, 0.3) is 8.32 Å². The Hall–Kier alpha value is -2.23. The zero-order chi connectivity index (χ0) is 21.2. The molecule has 0 aliphatic heterocycles. The molecule has 0 fully saturated rings. The van der Waals surface area contributed by atoms with Crippen molar-refractivity contribution >= 4 is 24.5 Å². The zero-order valence-electron chi connectivity index (χ0n) is 18.3. The van der Waals surface area contributed by atoms with Crippen molar-refractivity contribution in [3.8, 4) is 0 Å². The van der Waals surface area contributed by atoms with Crippen LogP contribution in [0.15, 0.2) is 85.0 Å². The molecule has 2 atom stereocenters. The number of carbonyl (C=O) groups is 1. The lowest BCUT2D eigenvalue weighted by Gasteiger charge is -2.45. The first-order valence-electron chi connectivity index (χ1n) is 11.0. The minimum Gasteiger partial charge on any atom is -0.407 e. The van der Waals surface area contributed by atoms with Crippen LogP contribution in [0, 0.1) is 11.3 Å². The maximum absolute atomic E-state index is 11.8. The summed E-state index contributed by atoms with van der Waals surface area (Å²) in [6, 6.07) is 21.6. The number of benzene rings is 2. The van der Waals surface area contributed by atoms with Gasteiger partial charge in [-0.1, -0.05) is 99.7 Å². The standard InChI is InChI=1S/C27H32O2Si/c1-26(2,3)30(24-12-6-4-7-13-24,25-14-8-5-9-15-25)29-21-22-11-10-18-27(22)19-16-23(28)17-20-27/h4-16,19,22H,17-18,20-21H2,1-3H3/t22-,27-/m1/s1. The van der Waals surface area contributed by atoms with Crippen LogP contribution in [-0.4, -0.2) is 20.7 Å². The SMILES string of the molecule is CC(C)(C)[Si](OC[C@H]1C=CC[C@]12C=CC(=O)CC2)(c1ccccc1)c1ccccc1. The lowest BCUT2D eigenvalue weighted by Crippen LogP contribution is -2.67. The molecule has 0 saturated carbocycles. The maximum Gasteiger partial charge on any atom is 0.261 e. The van der Waals surface area contributed by atoms with E-state index < -0.39 is 8.32 Å². The third kappa shape index (κ3) is 3.65. The number of carbonyl (C=O) groups excluding carboxylic acids is 1. The number of allylic oxidation sites excluding steroid dienone is 3. The second-order valence-corrected chi connectivity index (χ2v) is 14.1. The molecule has 0 unspecified atom stereocenters. The fourth-order valence-electron chi connectivity index (χ4n) is 5.25. The van der Waals surface area contributed by atoms with Gasteiger partial charge in [0.2, 0.25) is 0 Å². The van der Waals surface area contributed by atoms with E-state index >= 15 is 0 Å². The minimum atomic E-state index is -2.54. The van der Waals surface area contributed by atoms with Crippen molar-refractivity contribution in [2.24, 2.45) is 11.3 Å². The quantitative estimate of drug-likeness (QED) is 0.504. The van der Waals surface area contributed by atoms with Gasteiger partial charge in [0, 0.05) is 24.4 Å². The number of rotatable bonds is 5. The molecule has 0 bridgehead atoms. The Labute approximate surface area is 181 Å². The molecule has 2 aromatic rings. The Bertz CT molecular complexity index is 900. The van der Waals surface area contributed by atoms with Crippen LogP contribution in [0.1, 0.15) is 40.0 Å². The molecule has 4 rings (SSSR count). The highest BCUT2D eigenvalue weighted by molar-refractivity contribution is 6.99. The first kappa shape index (κ1) is 21.0. The van der Waals surface area contributed by atoms with Gasteiger partial charge in [0.05, 0.1) is 0 Å². The first-order valence-corrected chi connectivity index (χ1v) is 12.9. The summed E-state index contributed by atoms with van der Waals surface area (Å²) in [6.45, 7) is 7.64. The largest absolute Gasteiger partial charge is 0.407 e. The summed E-state index contributed by atoms with van der Waals surface area (Å²) in [5, 5.41) is 2.60. The van der Waals surface area contributed by atoms with Gasteiger partial charge in [0.1, 0.15) is 0 Å². The van der Waals surface area contributed by atoms with Gasteiger partial charge in [-0.25, -0.2) is 0 Å². The van der Waals surface area contributed by atoms with Crippen molar-refractivity contribution in [1.82, 2.24) is 0 Å². The van der Waals surface area contributed by atoms with E-state index in [0.29, 0.717) is 18.9 Å². The molecular formula is C27H32O2Si. The fourth-order valence-corrected chi connectivity index (χ4v) is 9.84. The highest BCUT2D eigenvalue weighted by Crippen LogP contribution is 2.47. The van der Waals surface area contributed by atoms with Crippen molar-refractivity contribution < 1.29 is 9.22 Å². The van der Waals surface area contributed by atoms with Gasteiger partial charge in [-0.2, -0.15) is 0 Å². The molecular weight excluding hydrogens is 384 g/mol. The summed E-state index contributed by atoms with van der Waals surface area (Å²) >= 11 is 0. The average Bonchev–Trinajstić information content (AvgIpc) is 3.13. The van der Waals surface area contributed by atoms with Crippen molar-refractivity contribution in [3.63, 3.8) is 0 Å². The van der Waals surface area contributed by atoms with E-state index in [4.69, 9.17) is 4.43 Å². The van der Waals surface area contributed by atoms with E-state index in [1.165, 1.54) is 10.4 Å². The van der Waals surface area contributed by atoms with Crippen LogP contribution in [0.4, 0.5) is 0 Å². The highest BCUT2D eigenvalue weighted by Gasteiger charge is 2.51. The fraction of sp³-hybridized carbons (Fsp3) is 0.370. The summed E-state index contributed by atoms with van der Waals surface area (Å²) in [5.41, 5.74) is 0.0410. The van der Waals surface area contributed by atoms with Crippen molar-refractivity contribution in [3.05, 3.63) is 85.0 Å². The number of hydrogen-bond acceptors (Lipinski definition) is 2. The van der Waals surface area contributed by atoms with Gasteiger partial charge in [-0.05, 0) is 34.3 Å². The van der Waals surface area contributed by atoms with Crippen molar-refractivity contribution in [2.75, 3.05) is 6.61 Å². The van der Waals surface area contributed by atoms with Crippen LogP contribution in [0.2, 0.25) is 5.04 Å². The molecule has 0 amide bonds. The molecule has 30 heavy (non-hydrogen) atoms. The summed E-state index contributed by atoms with van der Waals surface area (Å²) < 4.78 is 7.17. The van der Waals surface area contributed by atoms with E-state index in [-0.39, 0.29) is 16.2 Å². The molecule has 2 aliphatic carbocycles. The van der Waals surface area contributed by atoms with Gasteiger partial charge in [-0.15, -0.1) is 0 Å². The summed E-state index contributed by atoms with van der Waals surface area (Å²) in [7, 11) is -2.54. The second-order valence-electron chi connectivity index (χ2n) is 9.75.